The van der Waals surface area contributed by atoms with Gasteiger partial charge in [0.2, 0.25) is 0 Å². The minimum Gasteiger partial charge on any atom is -0.378 e. The molecule has 1 saturated heterocycles. The minimum atomic E-state index is -3.84. The van der Waals surface area contributed by atoms with E-state index in [4.69, 9.17) is 15.4 Å². The maximum absolute atomic E-state index is 11.4. The number of ether oxygens (including phenoxy) is 1. The topological polar surface area (TPSA) is 74.1 Å². The van der Waals surface area contributed by atoms with Crippen LogP contribution in [0, 0.1) is 0 Å². The molecule has 6 nitrogen and oxygen atoms in total. The first kappa shape index (κ1) is 14.7. The van der Waals surface area contributed by atoms with Gasteiger partial charge < -0.3 is 9.30 Å². The Balaban J connectivity index is 2.13. The summed E-state index contributed by atoms with van der Waals surface area (Å²) in [6.45, 7) is 3.33. The van der Waals surface area contributed by atoms with E-state index in [1.54, 1.807) is 4.57 Å². The fourth-order valence-corrected chi connectivity index (χ4v) is 3.24. The smallest absolute Gasteiger partial charge is 0.296 e. The van der Waals surface area contributed by atoms with Crippen molar-refractivity contribution in [2.75, 3.05) is 6.61 Å². The number of hydrogen-bond donors (Lipinski definition) is 0. The molecule has 1 aromatic rings. The van der Waals surface area contributed by atoms with Crippen LogP contribution in [0.4, 0.5) is 0 Å². The largest absolute Gasteiger partial charge is 0.378 e. The Morgan fingerprint density at radius 1 is 1.47 bits per heavy atom. The average Bonchev–Trinajstić information content (AvgIpc) is 2.94. The van der Waals surface area contributed by atoms with Gasteiger partial charge in [-0.15, -0.1) is 10.2 Å². The molecule has 2 heterocycles. The Morgan fingerprint density at radius 3 is 2.84 bits per heavy atom. The molecule has 108 valence electrons. The van der Waals surface area contributed by atoms with Crippen molar-refractivity contribution >= 4 is 19.7 Å². The molecule has 0 N–H and O–H groups in total. The highest BCUT2D eigenvalue weighted by Crippen LogP contribution is 2.19. The molecule has 1 unspecified atom stereocenters. The maximum atomic E-state index is 11.4. The van der Waals surface area contributed by atoms with Gasteiger partial charge in [0.15, 0.2) is 0 Å². The fraction of sp³-hybridized carbons (Fsp3) is 0.818. The van der Waals surface area contributed by atoms with Gasteiger partial charge in [0, 0.05) is 30.3 Å². The molecule has 1 atom stereocenters. The zero-order valence-electron chi connectivity index (χ0n) is 10.9. The van der Waals surface area contributed by atoms with E-state index < -0.39 is 9.05 Å². The second-order valence-electron chi connectivity index (χ2n) is 4.66. The van der Waals surface area contributed by atoms with Gasteiger partial charge in [-0.25, -0.2) is 8.42 Å². The highest BCUT2D eigenvalue weighted by Gasteiger charge is 2.23. The Hall–Kier alpha value is -0.660. The number of hydrogen-bond acceptors (Lipinski definition) is 5. The highest BCUT2D eigenvalue weighted by molar-refractivity contribution is 8.13. The molecule has 1 aromatic heterocycles. The molecular weight excluding hydrogens is 290 g/mol. The van der Waals surface area contributed by atoms with Crippen LogP contribution < -0.4 is 0 Å². The van der Waals surface area contributed by atoms with Crippen molar-refractivity contribution in [3.05, 3.63) is 5.82 Å². The lowest BCUT2D eigenvalue weighted by Gasteiger charge is -2.10. The highest BCUT2D eigenvalue weighted by atomic mass is 35.7. The molecule has 1 aliphatic heterocycles. The molecule has 0 aromatic carbocycles. The molecule has 0 bridgehead atoms. The van der Waals surface area contributed by atoms with Crippen molar-refractivity contribution in [3.8, 4) is 0 Å². The molecule has 0 amide bonds. The van der Waals surface area contributed by atoms with E-state index in [9.17, 15) is 8.42 Å². The summed E-state index contributed by atoms with van der Waals surface area (Å²) in [5.74, 6) is 0.663. The van der Waals surface area contributed by atoms with Crippen LogP contribution in [0.5, 0.6) is 0 Å². The van der Waals surface area contributed by atoms with Crippen LogP contribution in [0.2, 0.25) is 0 Å². The summed E-state index contributed by atoms with van der Waals surface area (Å²) >= 11 is 0. The van der Waals surface area contributed by atoms with Crippen LogP contribution in [-0.2, 0) is 26.8 Å². The first-order chi connectivity index (χ1) is 9.02. The molecule has 19 heavy (non-hydrogen) atoms. The lowest BCUT2D eigenvalue weighted by atomic mass is 10.1. The van der Waals surface area contributed by atoms with Crippen LogP contribution in [0.1, 0.15) is 38.4 Å². The Bertz CT molecular complexity index is 523. The first-order valence-electron chi connectivity index (χ1n) is 6.50. The summed E-state index contributed by atoms with van der Waals surface area (Å²) in [6, 6.07) is 0. The SMILES string of the molecule is CCCn1c(CCC2CCCO2)nnc1S(=O)(=O)Cl. The standard InChI is InChI=1S/C11H18ClN3O3S/c1-2-7-15-10(6-5-9-4-3-8-18-9)13-14-11(15)19(12,16)17/h9H,2-8H2,1H3. The van der Waals surface area contributed by atoms with E-state index in [1.165, 1.54) is 0 Å². The molecule has 0 saturated carbocycles. The van der Waals surface area contributed by atoms with Gasteiger partial charge in [-0.3, -0.25) is 0 Å². The van der Waals surface area contributed by atoms with Crippen LogP contribution in [0.3, 0.4) is 0 Å². The summed E-state index contributed by atoms with van der Waals surface area (Å²) in [5.41, 5.74) is 0. The van der Waals surface area contributed by atoms with Gasteiger partial charge in [0.1, 0.15) is 5.82 Å². The predicted octanol–water partition coefficient (Wildman–Crippen LogP) is 1.73. The number of aryl methyl sites for hydroxylation is 1. The van der Waals surface area contributed by atoms with Crippen molar-refractivity contribution in [3.63, 3.8) is 0 Å². The average molecular weight is 308 g/mol. The lowest BCUT2D eigenvalue weighted by molar-refractivity contribution is 0.104. The third-order valence-electron chi connectivity index (χ3n) is 3.17. The van der Waals surface area contributed by atoms with Crippen LogP contribution in [0.25, 0.3) is 0 Å². The lowest BCUT2D eigenvalue weighted by Crippen LogP contribution is -2.12. The van der Waals surface area contributed by atoms with Crippen molar-refractivity contribution in [2.45, 2.75) is 56.8 Å². The maximum Gasteiger partial charge on any atom is 0.296 e. The van der Waals surface area contributed by atoms with E-state index in [0.29, 0.717) is 18.8 Å². The second-order valence-corrected chi connectivity index (χ2v) is 7.12. The Morgan fingerprint density at radius 2 is 2.26 bits per heavy atom. The van der Waals surface area contributed by atoms with Gasteiger partial charge in [0.05, 0.1) is 6.10 Å². The van der Waals surface area contributed by atoms with Crippen molar-refractivity contribution in [1.29, 1.82) is 0 Å². The zero-order chi connectivity index (χ0) is 13.9. The molecule has 0 aliphatic carbocycles. The van der Waals surface area contributed by atoms with Crippen LogP contribution >= 0.6 is 10.7 Å². The van der Waals surface area contributed by atoms with E-state index in [1.807, 2.05) is 6.92 Å². The third-order valence-corrected chi connectivity index (χ3v) is 4.32. The number of nitrogens with zero attached hydrogens (tertiary/aromatic N) is 3. The zero-order valence-corrected chi connectivity index (χ0v) is 12.5. The summed E-state index contributed by atoms with van der Waals surface area (Å²) in [5, 5.41) is 7.51. The van der Waals surface area contributed by atoms with Crippen LogP contribution in [0.15, 0.2) is 5.16 Å². The number of halogens is 1. The summed E-state index contributed by atoms with van der Waals surface area (Å²) in [7, 11) is 1.52. The van der Waals surface area contributed by atoms with Gasteiger partial charge >= 0.3 is 0 Å². The molecular formula is C11H18ClN3O3S. The molecule has 1 fully saturated rings. The van der Waals surface area contributed by atoms with Crippen LogP contribution in [-0.4, -0.2) is 35.9 Å². The summed E-state index contributed by atoms with van der Waals surface area (Å²) in [6.07, 6.45) is 4.69. The molecule has 8 heteroatoms. The summed E-state index contributed by atoms with van der Waals surface area (Å²) in [4.78, 5) is 0. The fourth-order valence-electron chi connectivity index (χ4n) is 2.29. The first-order valence-corrected chi connectivity index (χ1v) is 8.81. The number of aromatic nitrogens is 3. The summed E-state index contributed by atoms with van der Waals surface area (Å²) < 4.78 is 30.0. The van der Waals surface area contributed by atoms with E-state index >= 15 is 0 Å². The molecule has 2 rings (SSSR count). The monoisotopic (exact) mass is 307 g/mol. The third kappa shape index (κ3) is 3.67. The van der Waals surface area contributed by atoms with E-state index in [-0.39, 0.29) is 11.3 Å². The van der Waals surface area contributed by atoms with E-state index in [2.05, 4.69) is 10.2 Å². The Kier molecular flexibility index (Phi) is 4.81. The molecule has 0 spiro atoms. The molecule has 0 radical (unpaired) electrons. The predicted molar refractivity (Wildman–Crippen MR) is 70.6 cm³/mol. The van der Waals surface area contributed by atoms with Gasteiger partial charge in [-0.1, -0.05) is 6.92 Å². The normalized spacial score (nSPS) is 20.0. The van der Waals surface area contributed by atoms with Gasteiger partial charge in [0.25, 0.3) is 14.2 Å². The quantitative estimate of drug-likeness (QED) is 0.748. The van der Waals surface area contributed by atoms with Gasteiger partial charge in [-0.05, 0) is 25.7 Å². The minimum absolute atomic E-state index is 0.154. The van der Waals surface area contributed by atoms with E-state index in [0.717, 1.165) is 32.3 Å². The van der Waals surface area contributed by atoms with Gasteiger partial charge in [-0.2, -0.15) is 0 Å². The molecule has 1 aliphatic rings. The van der Waals surface area contributed by atoms with Crippen molar-refractivity contribution in [1.82, 2.24) is 14.8 Å². The second kappa shape index (κ2) is 6.19. The Labute approximate surface area is 117 Å². The number of rotatable bonds is 6. The van der Waals surface area contributed by atoms with Crippen molar-refractivity contribution < 1.29 is 13.2 Å². The van der Waals surface area contributed by atoms with Crippen molar-refractivity contribution in [2.24, 2.45) is 0 Å².